The first-order valence-electron chi connectivity index (χ1n) is 8.09. The summed E-state index contributed by atoms with van der Waals surface area (Å²) in [5, 5.41) is 9.84. The van der Waals surface area contributed by atoms with Gasteiger partial charge in [0.05, 0.1) is 30.4 Å². The van der Waals surface area contributed by atoms with E-state index in [9.17, 15) is 14.7 Å². The third-order valence-electron chi connectivity index (χ3n) is 4.25. The van der Waals surface area contributed by atoms with Crippen LogP contribution in [0, 0.1) is 5.92 Å². The molecule has 1 aliphatic heterocycles. The van der Waals surface area contributed by atoms with E-state index < -0.39 is 0 Å². The molecule has 0 spiro atoms. The Kier molecular flexibility index (Phi) is 5.22. The molecule has 1 atom stereocenters. The van der Waals surface area contributed by atoms with Gasteiger partial charge in [0.15, 0.2) is 0 Å². The number of aromatic nitrogens is 2. The van der Waals surface area contributed by atoms with E-state index >= 15 is 0 Å². The highest BCUT2D eigenvalue weighted by molar-refractivity contribution is 5.77. The van der Waals surface area contributed by atoms with Gasteiger partial charge in [-0.15, -0.1) is 0 Å². The zero-order valence-electron chi connectivity index (χ0n) is 13.4. The molecule has 0 bridgehead atoms. The van der Waals surface area contributed by atoms with Crippen LogP contribution in [0.25, 0.3) is 10.9 Å². The number of ether oxygens (including phenoxy) is 1. The molecule has 0 radical (unpaired) electrons. The van der Waals surface area contributed by atoms with Crippen molar-refractivity contribution >= 4 is 16.8 Å². The quantitative estimate of drug-likeness (QED) is 0.868. The Morgan fingerprint density at radius 2 is 2.21 bits per heavy atom. The van der Waals surface area contributed by atoms with Gasteiger partial charge < -0.3 is 14.7 Å². The molecule has 0 unspecified atom stereocenters. The monoisotopic (exact) mass is 331 g/mol. The van der Waals surface area contributed by atoms with Crippen LogP contribution < -0.4 is 5.56 Å². The first-order chi connectivity index (χ1) is 11.7. The van der Waals surface area contributed by atoms with Gasteiger partial charge in [0.1, 0.15) is 0 Å². The van der Waals surface area contributed by atoms with E-state index in [0.29, 0.717) is 37.2 Å². The Hall–Kier alpha value is -2.25. The fraction of sp³-hybridized carbons (Fsp3) is 0.471. The van der Waals surface area contributed by atoms with Crippen LogP contribution in [-0.2, 0) is 16.1 Å². The summed E-state index contributed by atoms with van der Waals surface area (Å²) < 4.78 is 6.86. The average molecular weight is 331 g/mol. The number of hydrogen-bond donors (Lipinski definition) is 1. The van der Waals surface area contributed by atoms with Crippen LogP contribution in [0.1, 0.15) is 6.42 Å². The number of rotatable bonds is 4. The number of benzene rings is 1. The smallest absolute Gasteiger partial charge is 0.261 e. The molecule has 7 nitrogen and oxygen atoms in total. The molecular weight excluding hydrogens is 310 g/mol. The van der Waals surface area contributed by atoms with Crippen molar-refractivity contribution in [2.75, 3.05) is 32.9 Å². The highest BCUT2D eigenvalue weighted by atomic mass is 16.5. The van der Waals surface area contributed by atoms with E-state index in [0.717, 1.165) is 0 Å². The van der Waals surface area contributed by atoms with E-state index in [1.54, 1.807) is 23.1 Å². The van der Waals surface area contributed by atoms with Crippen molar-refractivity contribution in [2.24, 2.45) is 5.92 Å². The minimum absolute atomic E-state index is 0.00215. The topological polar surface area (TPSA) is 84.7 Å². The van der Waals surface area contributed by atoms with Gasteiger partial charge in [0, 0.05) is 38.6 Å². The molecule has 2 heterocycles. The molecule has 1 saturated heterocycles. The van der Waals surface area contributed by atoms with Crippen molar-refractivity contribution in [3.8, 4) is 0 Å². The molecule has 24 heavy (non-hydrogen) atoms. The Morgan fingerprint density at radius 3 is 3.04 bits per heavy atom. The largest absolute Gasteiger partial charge is 0.396 e. The Labute approximate surface area is 139 Å². The number of carbonyl (C=O) groups excluding carboxylic acids is 1. The number of amides is 1. The normalized spacial score (nSPS) is 18.5. The molecule has 1 aliphatic rings. The molecule has 128 valence electrons. The number of nitrogens with zero attached hydrogens (tertiary/aromatic N) is 3. The van der Waals surface area contributed by atoms with Crippen molar-refractivity contribution in [3.63, 3.8) is 0 Å². The number of aryl methyl sites for hydroxylation is 1. The van der Waals surface area contributed by atoms with Crippen LogP contribution >= 0.6 is 0 Å². The van der Waals surface area contributed by atoms with Gasteiger partial charge in [0.2, 0.25) is 5.91 Å². The Bertz CT molecular complexity index is 774. The second-order valence-electron chi connectivity index (χ2n) is 5.97. The highest BCUT2D eigenvalue weighted by Crippen LogP contribution is 2.09. The van der Waals surface area contributed by atoms with E-state index in [-0.39, 0.29) is 37.0 Å². The third-order valence-corrected chi connectivity index (χ3v) is 4.25. The maximum atomic E-state index is 12.4. The molecule has 0 aliphatic carbocycles. The van der Waals surface area contributed by atoms with Crippen molar-refractivity contribution in [1.29, 1.82) is 0 Å². The van der Waals surface area contributed by atoms with E-state index in [1.807, 2.05) is 6.07 Å². The maximum Gasteiger partial charge on any atom is 0.261 e. The summed E-state index contributed by atoms with van der Waals surface area (Å²) in [5.41, 5.74) is 0.515. The summed E-state index contributed by atoms with van der Waals surface area (Å²) in [5.74, 6) is -0.0967. The maximum absolute atomic E-state index is 12.4. The first-order valence-corrected chi connectivity index (χ1v) is 8.09. The molecule has 1 aromatic heterocycles. The molecule has 7 heteroatoms. The number of aliphatic hydroxyl groups is 1. The van der Waals surface area contributed by atoms with Gasteiger partial charge in [0.25, 0.3) is 5.56 Å². The minimum Gasteiger partial charge on any atom is -0.396 e. The lowest BCUT2D eigenvalue weighted by atomic mass is 10.1. The average Bonchev–Trinajstić information content (AvgIpc) is 2.87. The lowest BCUT2D eigenvalue weighted by Gasteiger charge is -2.22. The van der Waals surface area contributed by atoms with Crippen LogP contribution in [0.3, 0.4) is 0 Å². The second-order valence-corrected chi connectivity index (χ2v) is 5.97. The van der Waals surface area contributed by atoms with Crippen molar-refractivity contribution in [2.45, 2.75) is 13.0 Å². The van der Waals surface area contributed by atoms with Gasteiger partial charge in [-0.1, -0.05) is 12.1 Å². The second kappa shape index (κ2) is 7.55. The van der Waals surface area contributed by atoms with Gasteiger partial charge in [-0.2, -0.15) is 0 Å². The lowest BCUT2D eigenvalue weighted by molar-refractivity contribution is -0.131. The van der Waals surface area contributed by atoms with Crippen LogP contribution in [0.4, 0.5) is 0 Å². The lowest BCUT2D eigenvalue weighted by Crippen LogP contribution is -2.37. The molecule has 0 saturated carbocycles. The highest BCUT2D eigenvalue weighted by Gasteiger charge is 2.21. The van der Waals surface area contributed by atoms with Crippen molar-refractivity contribution in [3.05, 3.63) is 40.9 Å². The van der Waals surface area contributed by atoms with E-state index in [4.69, 9.17) is 4.74 Å². The molecular formula is C17H21N3O4. The predicted molar refractivity (Wildman–Crippen MR) is 88.6 cm³/mol. The standard InChI is InChI=1S/C17H21N3O4/c21-10-13-9-19(7-8-24-11-13)16(22)5-6-20-12-18-15-4-2-1-3-14(15)17(20)23/h1-4,12-13,21H,5-11H2/t13-/m1/s1. The molecule has 2 aromatic rings. The fourth-order valence-electron chi connectivity index (χ4n) is 2.86. The zero-order valence-corrected chi connectivity index (χ0v) is 13.4. The zero-order chi connectivity index (χ0) is 16.9. The van der Waals surface area contributed by atoms with Gasteiger partial charge in [-0.25, -0.2) is 4.98 Å². The molecule has 1 amide bonds. The summed E-state index contributed by atoms with van der Waals surface area (Å²) in [6.45, 7) is 2.23. The number of hydrogen-bond acceptors (Lipinski definition) is 5. The SMILES string of the molecule is O=C(CCn1cnc2ccccc2c1=O)N1CCOC[C@@H](CO)C1. The number of para-hydroxylation sites is 1. The summed E-state index contributed by atoms with van der Waals surface area (Å²) in [6, 6.07) is 7.16. The van der Waals surface area contributed by atoms with Crippen LogP contribution in [0.5, 0.6) is 0 Å². The number of fused-ring (bicyclic) bond motifs is 1. The molecule has 1 aromatic carbocycles. The van der Waals surface area contributed by atoms with Gasteiger partial charge >= 0.3 is 0 Å². The van der Waals surface area contributed by atoms with Gasteiger partial charge in [-0.05, 0) is 12.1 Å². The predicted octanol–water partition coefficient (Wildman–Crippen LogP) is 0.254. The Balaban J connectivity index is 1.68. The van der Waals surface area contributed by atoms with Crippen LogP contribution in [0.2, 0.25) is 0 Å². The summed E-state index contributed by atoms with van der Waals surface area (Å²) >= 11 is 0. The first kappa shape index (κ1) is 16.6. The van der Waals surface area contributed by atoms with Crippen LogP contribution in [0.15, 0.2) is 35.4 Å². The van der Waals surface area contributed by atoms with E-state index in [2.05, 4.69) is 4.98 Å². The fourth-order valence-corrected chi connectivity index (χ4v) is 2.86. The molecule has 3 rings (SSSR count). The van der Waals surface area contributed by atoms with E-state index in [1.165, 1.54) is 10.9 Å². The molecule has 1 N–H and O–H groups in total. The number of carbonyl (C=O) groups is 1. The summed E-state index contributed by atoms with van der Waals surface area (Å²) in [4.78, 5) is 30.8. The Morgan fingerprint density at radius 1 is 1.38 bits per heavy atom. The van der Waals surface area contributed by atoms with Crippen LogP contribution in [-0.4, -0.2) is 58.4 Å². The molecule has 1 fully saturated rings. The summed E-state index contributed by atoms with van der Waals surface area (Å²) in [7, 11) is 0. The summed E-state index contributed by atoms with van der Waals surface area (Å²) in [6.07, 6.45) is 1.71. The minimum atomic E-state index is -0.138. The van der Waals surface area contributed by atoms with Crippen molar-refractivity contribution < 1.29 is 14.6 Å². The third kappa shape index (κ3) is 3.63. The van der Waals surface area contributed by atoms with Crippen molar-refractivity contribution in [1.82, 2.24) is 14.5 Å². The number of aliphatic hydroxyl groups excluding tert-OH is 1. The van der Waals surface area contributed by atoms with Gasteiger partial charge in [-0.3, -0.25) is 14.2 Å².